The van der Waals surface area contributed by atoms with E-state index in [1.54, 1.807) is 7.11 Å². The molecule has 2 bridgehead atoms. The van der Waals surface area contributed by atoms with Crippen LogP contribution in [0.2, 0.25) is 0 Å². The van der Waals surface area contributed by atoms with Crippen molar-refractivity contribution in [1.82, 2.24) is 4.90 Å². The molecule has 1 saturated heterocycles. The molecule has 0 aromatic heterocycles. The smallest absolute Gasteiger partial charge is 0.165 e. The van der Waals surface area contributed by atoms with Gasteiger partial charge in [-0.25, -0.2) is 0 Å². The zero-order valence-electron chi connectivity index (χ0n) is 16.2. The average Bonchev–Trinajstić information content (AvgIpc) is 3.00. The maximum Gasteiger partial charge on any atom is 0.165 e. The maximum absolute atomic E-state index is 10.8. The Hall–Kier alpha value is -1.26. The molecule has 6 atom stereocenters. The SMILES string of the molecule is CCC(C)CN1CC[C@@]23c4c5ccc(OC)c4OC2C(O)CC[C@@H]3C1C5. The summed E-state index contributed by atoms with van der Waals surface area (Å²) in [6, 6.07) is 4.90. The summed E-state index contributed by atoms with van der Waals surface area (Å²) in [7, 11) is 1.72. The van der Waals surface area contributed by atoms with Gasteiger partial charge in [-0.1, -0.05) is 26.3 Å². The number of ether oxygens (including phenoxy) is 2. The third kappa shape index (κ3) is 2.03. The van der Waals surface area contributed by atoms with Crippen molar-refractivity contribution in [2.45, 2.75) is 69.6 Å². The largest absolute Gasteiger partial charge is 0.493 e. The highest BCUT2D eigenvalue weighted by molar-refractivity contribution is 5.61. The van der Waals surface area contributed by atoms with E-state index in [1.165, 1.54) is 24.1 Å². The van der Waals surface area contributed by atoms with Gasteiger partial charge in [0, 0.05) is 23.6 Å². The van der Waals surface area contributed by atoms with Gasteiger partial charge in [-0.05, 0) is 55.7 Å². The van der Waals surface area contributed by atoms with Crippen molar-refractivity contribution in [1.29, 1.82) is 0 Å². The van der Waals surface area contributed by atoms with Gasteiger partial charge in [0.25, 0.3) is 0 Å². The fraction of sp³-hybridized carbons (Fsp3) is 0.727. The van der Waals surface area contributed by atoms with Crippen LogP contribution in [0.15, 0.2) is 12.1 Å². The van der Waals surface area contributed by atoms with E-state index in [1.807, 2.05) is 0 Å². The Morgan fingerprint density at radius 3 is 3.00 bits per heavy atom. The van der Waals surface area contributed by atoms with E-state index in [4.69, 9.17) is 9.47 Å². The molecule has 5 rings (SSSR count). The number of likely N-dealkylation sites (tertiary alicyclic amines) is 1. The van der Waals surface area contributed by atoms with Crippen LogP contribution >= 0.6 is 0 Å². The fourth-order valence-electron chi connectivity index (χ4n) is 6.50. The topological polar surface area (TPSA) is 41.9 Å². The zero-order valence-corrected chi connectivity index (χ0v) is 16.2. The summed E-state index contributed by atoms with van der Waals surface area (Å²) in [6.07, 6.45) is 4.95. The van der Waals surface area contributed by atoms with Gasteiger partial charge >= 0.3 is 0 Å². The van der Waals surface area contributed by atoms with E-state index < -0.39 is 0 Å². The first-order valence-corrected chi connectivity index (χ1v) is 10.4. The lowest BCUT2D eigenvalue weighted by molar-refractivity contribution is -0.106. The number of benzene rings is 1. The van der Waals surface area contributed by atoms with E-state index in [0.29, 0.717) is 12.0 Å². The number of rotatable bonds is 4. The summed E-state index contributed by atoms with van der Waals surface area (Å²) in [5.74, 6) is 3.09. The molecule has 2 fully saturated rings. The quantitative estimate of drug-likeness (QED) is 0.899. The van der Waals surface area contributed by atoms with Gasteiger partial charge in [0.05, 0.1) is 13.2 Å². The number of piperidine rings is 1. The molecule has 2 heterocycles. The predicted molar refractivity (Wildman–Crippen MR) is 101 cm³/mol. The molecular formula is C22H31NO3. The lowest BCUT2D eigenvalue weighted by atomic mass is 9.51. The molecule has 4 aliphatic rings. The average molecular weight is 357 g/mol. The van der Waals surface area contributed by atoms with Crippen LogP contribution in [0.4, 0.5) is 0 Å². The molecular weight excluding hydrogens is 326 g/mol. The summed E-state index contributed by atoms with van der Waals surface area (Å²) in [4.78, 5) is 2.75. The van der Waals surface area contributed by atoms with Gasteiger partial charge in [-0.2, -0.15) is 0 Å². The molecule has 0 amide bonds. The van der Waals surface area contributed by atoms with Gasteiger partial charge in [0.15, 0.2) is 11.5 Å². The molecule has 4 nitrogen and oxygen atoms in total. The molecule has 1 aromatic rings. The van der Waals surface area contributed by atoms with Crippen LogP contribution in [0.3, 0.4) is 0 Å². The second-order valence-electron chi connectivity index (χ2n) is 8.99. The lowest BCUT2D eigenvalue weighted by Crippen LogP contribution is -2.67. The summed E-state index contributed by atoms with van der Waals surface area (Å²) in [5.41, 5.74) is 2.80. The lowest BCUT2D eigenvalue weighted by Gasteiger charge is -2.59. The molecule has 0 radical (unpaired) electrons. The van der Waals surface area contributed by atoms with Crippen molar-refractivity contribution < 1.29 is 14.6 Å². The summed E-state index contributed by atoms with van der Waals surface area (Å²) < 4.78 is 12.1. The summed E-state index contributed by atoms with van der Waals surface area (Å²) in [6.45, 7) is 6.98. The molecule has 2 aliphatic carbocycles. The summed E-state index contributed by atoms with van der Waals surface area (Å²) in [5, 5.41) is 10.8. The third-order valence-corrected chi connectivity index (χ3v) is 7.85. The number of aliphatic hydroxyl groups is 1. The first-order valence-electron chi connectivity index (χ1n) is 10.4. The van der Waals surface area contributed by atoms with Crippen molar-refractivity contribution in [3.05, 3.63) is 23.3 Å². The van der Waals surface area contributed by atoms with Crippen molar-refractivity contribution in [3.8, 4) is 11.5 Å². The first-order chi connectivity index (χ1) is 12.6. The Bertz CT molecular complexity index is 720. The number of nitrogens with zero attached hydrogens (tertiary/aromatic N) is 1. The van der Waals surface area contributed by atoms with Crippen molar-refractivity contribution >= 4 is 0 Å². The Morgan fingerprint density at radius 2 is 2.23 bits per heavy atom. The second-order valence-corrected chi connectivity index (χ2v) is 8.99. The molecule has 2 aliphatic heterocycles. The molecule has 4 unspecified atom stereocenters. The molecule has 26 heavy (non-hydrogen) atoms. The van der Waals surface area contributed by atoms with Crippen LogP contribution in [0.5, 0.6) is 11.5 Å². The van der Waals surface area contributed by atoms with Crippen molar-refractivity contribution in [2.24, 2.45) is 11.8 Å². The minimum Gasteiger partial charge on any atom is -0.493 e. The van der Waals surface area contributed by atoms with Gasteiger partial charge in [0.1, 0.15) is 6.10 Å². The van der Waals surface area contributed by atoms with Gasteiger partial charge in [0.2, 0.25) is 0 Å². The Kier molecular flexibility index (Phi) is 3.81. The van der Waals surface area contributed by atoms with Gasteiger partial charge in [-0.3, -0.25) is 4.90 Å². The van der Waals surface area contributed by atoms with Crippen LogP contribution < -0.4 is 9.47 Å². The molecule has 1 aromatic carbocycles. The number of aliphatic hydroxyl groups excluding tert-OH is 1. The second kappa shape index (κ2) is 5.87. The van der Waals surface area contributed by atoms with E-state index in [2.05, 4.69) is 30.9 Å². The highest BCUT2D eigenvalue weighted by atomic mass is 16.5. The number of hydrogen-bond donors (Lipinski definition) is 1. The Labute approximate surface area is 156 Å². The number of hydrogen-bond acceptors (Lipinski definition) is 4. The van der Waals surface area contributed by atoms with Gasteiger partial charge in [-0.15, -0.1) is 0 Å². The van der Waals surface area contributed by atoms with E-state index in [9.17, 15) is 5.11 Å². The minimum atomic E-state index is -0.365. The van der Waals surface area contributed by atoms with E-state index in [-0.39, 0.29) is 17.6 Å². The number of methoxy groups -OCH3 is 1. The maximum atomic E-state index is 10.8. The highest BCUT2D eigenvalue weighted by Gasteiger charge is 2.65. The van der Waals surface area contributed by atoms with Crippen LogP contribution in [-0.2, 0) is 11.8 Å². The molecule has 1 N–H and O–H groups in total. The van der Waals surface area contributed by atoms with E-state index >= 15 is 0 Å². The minimum absolute atomic E-state index is 0.00819. The highest BCUT2D eigenvalue weighted by Crippen LogP contribution is 2.63. The molecule has 1 saturated carbocycles. The Balaban J connectivity index is 1.63. The summed E-state index contributed by atoms with van der Waals surface area (Å²) >= 11 is 0. The first kappa shape index (κ1) is 16.9. The fourth-order valence-corrected chi connectivity index (χ4v) is 6.50. The van der Waals surface area contributed by atoms with Gasteiger partial charge < -0.3 is 14.6 Å². The zero-order chi connectivity index (χ0) is 18.1. The molecule has 1 spiro atoms. The predicted octanol–water partition coefficient (Wildman–Crippen LogP) is 3.14. The van der Waals surface area contributed by atoms with Crippen molar-refractivity contribution in [3.63, 3.8) is 0 Å². The third-order valence-electron chi connectivity index (χ3n) is 7.85. The van der Waals surface area contributed by atoms with Crippen LogP contribution in [0.25, 0.3) is 0 Å². The van der Waals surface area contributed by atoms with Crippen LogP contribution in [-0.4, -0.2) is 48.5 Å². The monoisotopic (exact) mass is 357 g/mol. The van der Waals surface area contributed by atoms with E-state index in [0.717, 1.165) is 49.6 Å². The Morgan fingerprint density at radius 1 is 1.38 bits per heavy atom. The van der Waals surface area contributed by atoms with Crippen LogP contribution in [0, 0.1) is 11.8 Å². The van der Waals surface area contributed by atoms with Crippen LogP contribution in [0.1, 0.15) is 50.7 Å². The standard InChI is InChI=1S/C22H31NO3/c1-4-13(2)12-23-10-9-22-15-6-7-17(24)21(22)26-20-18(25-3)8-5-14(19(20)22)11-16(15)23/h5,8,13,15-17,21,24H,4,6-7,9-12H2,1-3H3/t13?,15-,16?,17?,21?,22-/m1/s1. The molecule has 4 heteroatoms. The van der Waals surface area contributed by atoms with Crippen molar-refractivity contribution in [2.75, 3.05) is 20.2 Å². The normalized spacial score (nSPS) is 38.5. The molecule has 142 valence electrons.